The fourth-order valence-corrected chi connectivity index (χ4v) is 8.54. The standard InChI is InChI=1S/C52H40F2N4/c1-4-40(33-19-24-38(53)25-20-33)47-31(2)49-42-17-11-12-18-44(42)56-51(36-21-26-39(54)27-22-36)50(49)32(3)48(47)41-28-23-37(29-43(41)55)52-57-45(34-13-7-5-8-14-34)30-46(58-52)35-15-9-6-10-16-35/h5-30,40H,4,55H2,1-3H3. The van der Waals surface area contributed by atoms with Crippen molar-refractivity contribution in [3.8, 4) is 56.3 Å². The molecule has 7 aromatic carbocycles. The third kappa shape index (κ3) is 6.56. The van der Waals surface area contributed by atoms with Crippen LogP contribution < -0.4 is 5.73 Å². The van der Waals surface area contributed by atoms with Crippen molar-refractivity contribution >= 4 is 27.4 Å². The molecule has 2 aromatic heterocycles. The molecular weight excluding hydrogens is 719 g/mol. The lowest BCUT2D eigenvalue weighted by Crippen LogP contribution is -2.09. The van der Waals surface area contributed by atoms with Gasteiger partial charge in [-0.1, -0.05) is 110 Å². The molecule has 0 radical (unpaired) electrons. The molecule has 58 heavy (non-hydrogen) atoms. The third-order valence-electron chi connectivity index (χ3n) is 11.3. The monoisotopic (exact) mass is 758 g/mol. The topological polar surface area (TPSA) is 64.7 Å². The van der Waals surface area contributed by atoms with Gasteiger partial charge in [0.05, 0.1) is 22.6 Å². The van der Waals surface area contributed by atoms with E-state index in [0.717, 1.165) is 101 Å². The largest absolute Gasteiger partial charge is 0.398 e. The number of pyridine rings is 1. The molecule has 4 nitrogen and oxygen atoms in total. The molecule has 0 saturated carbocycles. The van der Waals surface area contributed by atoms with Gasteiger partial charge in [0.15, 0.2) is 5.82 Å². The summed E-state index contributed by atoms with van der Waals surface area (Å²) in [6, 6.07) is 49.9. The maximum absolute atomic E-state index is 14.4. The molecule has 6 heteroatoms. The number of hydrogen-bond acceptors (Lipinski definition) is 4. The van der Waals surface area contributed by atoms with E-state index in [1.54, 1.807) is 12.1 Å². The van der Waals surface area contributed by atoms with Gasteiger partial charge in [0.2, 0.25) is 0 Å². The summed E-state index contributed by atoms with van der Waals surface area (Å²) in [6.45, 7) is 6.47. The van der Waals surface area contributed by atoms with E-state index in [1.165, 1.54) is 24.3 Å². The molecule has 1 atom stereocenters. The van der Waals surface area contributed by atoms with Crippen LogP contribution in [0.5, 0.6) is 0 Å². The molecule has 0 amide bonds. The molecule has 0 saturated heterocycles. The second-order valence-electron chi connectivity index (χ2n) is 14.8. The highest BCUT2D eigenvalue weighted by Gasteiger charge is 2.28. The van der Waals surface area contributed by atoms with Gasteiger partial charge in [0, 0.05) is 50.2 Å². The number of anilines is 1. The average Bonchev–Trinajstić information content (AvgIpc) is 3.26. The summed E-state index contributed by atoms with van der Waals surface area (Å²) < 4.78 is 28.7. The van der Waals surface area contributed by atoms with Gasteiger partial charge in [-0.3, -0.25) is 0 Å². The Kier molecular flexibility index (Phi) is 9.54. The second-order valence-corrected chi connectivity index (χ2v) is 14.8. The first-order valence-corrected chi connectivity index (χ1v) is 19.6. The van der Waals surface area contributed by atoms with E-state index in [2.05, 4.69) is 32.9 Å². The summed E-state index contributed by atoms with van der Waals surface area (Å²) in [5.41, 5.74) is 20.7. The molecular formula is C52H40F2N4. The molecule has 0 aliphatic rings. The molecule has 1 unspecified atom stereocenters. The minimum absolute atomic E-state index is 0.0849. The summed E-state index contributed by atoms with van der Waals surface area (Å²) in [5.74, 6) is -0.104. The number of fused-ring (bicyclic) bond motifs is 3. The van der Waals surface area contributed by atoms with Crippen LogP contribution in [0.15, 0.2) is 158 Å². The third-order valence-corrected chi connectivity index (χ3v) is 11.3. The maximum atomic E-state index is 14.4. The Morgan fingerprint density at radius 2 is 1.12 bits per heavy atom. The van der Waals surface area contributed by atoms with Crippen molar-refractivity contribution in [1.82, 2.24) is 15.0 Å². The summed E-state index contributed by atoms with van der Waals surface area (Å²) in [6.07, 6.45) is 0.763. The van der Waals surface area contributed by atoms with Crippen LogP contribution in [0.4, 0.5) is 14.5 Å². The number of benzene rings is 7. The van der Waals surface area contributed by atoms with Crippen molar-refractivity contribution in [2.24, 2.45) is 0 Å². The van der Waals surface area contributed by atoms with Gasteiger partial charge < -0.3 is 5.73 Å². The zero-order valence-electron chi connectivity index (χ0n) is 32.5. The van der Waals surface area contributed by atoms with Crippen molar-refractivity contribution < 1.29 is 8.78 Å². The second kappa shape index (κ2) is 15.1. The number of nitrogens with zero attached hydrogens (tertiary/aromatic N) is 3. The van der Waals surface area contributed by atoms with E-state index in [9.17, 15) is 8.78 Å². The summed E-state index contributed by atoms with van der Waals surface area (Å²) in [7, 11) is 0. The van der Waals surface area contributed by atoms with Crippen LogP contribution in [-0.4, -0.2) is 15.0 Å². The van der Waals surface area contributed by atoms with E-state index in [4.69, 9.17) is 20.7 Å². The first-order chi connectivity index (χ1) is 28.3. The maximum Gasteiger partial charge on any atom is 0.160 e. The predicted molar refractivity (Wildman–Crippen MR) is 234 cm³/mol. The van der Waals surface area contributed by atoms with Gasteiger partial charge in [0.25, 0.3) is 0 Å². The number of nitrogen functional groups attached to an aromatic ring is 1. The Bertz CT molecular complexity index is 2910. The Morgan fingerprint density at radius 1 is 0.552 bits per heavy atom. The molecule has 0 spiro atoms. The van der Waals surface area contributed by atoms with Gasteiger partial charge in [-0.25, -0.2) is 23.7 Å². The van der Waals surface area contributed by atoms with Crippen LogP contribution in [0, 0.1) is 25.5 Å². The van der Waals surface area contributed by atoms with Crippen molar-refractivity contribution in [1.29, 1.82) is 0 Å². The fourth-order valence-electron chi connectivity index (χ4n) is 8.54. The van der Waals surface area contributed by atoms with Gasteiger partial charge in [-0.2, -0.15) is 0 Å². The molecule has 9 aromatic rings. The molecule has 9 rings (SSSR count). The Labute approximate surface area is 336 Å². The quantitative estimate of drug-likeness (QED) is 0.124. The molecule has 0 bridgehead atoms. The lowest BCUT2D eigenvalue weighted by molar-refractivity contribution is 0.625. The van der Waals surface area contributed by atoms with E-state index < -0.39 is 0 Å². The Hall–Kier alpha value is -7.05. The van der Waals surface area contributed by atoms with Crippen molar-refractivity contribution in [2.75, 3.05) is 5.73 Å². The first-order valence-electron chi connectivity index (χ1n) is 19.6. The number of nitrogens with two attached hydrogens (primary N) is 1. The number of para-hydroxylation sites is 1. The van der Waals surface area contributed by atoms with Crippen molar-refractivity contribution in [2.45, 2.75) is 33.1 Å². The molecule has 282 valence electrons. The van der Waals surface area contributed by atoms with Crippen LogP contribution in [0.3, 0.4) is 0 Å². The zero-order chi connectivity index (χ0) is 39.9. The number of rotatable bonds is 8. The molecule has 0 aliphatic carbocycles. The van der Waals surface area contributed by atoms with E-state index in [1.807, 2.05) is 109 Å². The smallest absolute Gasteiger partial charge is 0.160 e. The number of aromatic nitrogens is 3. The average molecular weight is 759 g/mol. The fraction of sp³-hybridized carbons (Fsp3) is 0.0962. The predicted octanol–water partition coefficient (Wildman–Crippen LogP) is 13.5. The number of aryl methyl sites for hydroxylation is 2. The van der Waals surface area contributed by atoms with Crippen LogP contribution >= 0.6 is 0 Å². The molecule has 2 N–H and O–H groups in total. The minimum Gasteiger partial charge on any atom is -0.398 e. The first kappa shape index (κ1) is 36.6. The molecule has 0 fully saturated rings. The normalized spacial score (nSPS) is 11.9. The van der Waals surface area contributed by atoms with Gasteiger partial charge >= 0.3 is 0 Å². The summed E-state index contributed by atoms with van der Waals surface area (Å²) in [5, 5.41) is 3.08. The SMILES string of the molecule is CCC(c1ccc(F)cc1)c1c(-c2ccc(-c3nc(-c4ccccc4)cc(-c4ccccc4)n3)cc2N)c(C)c2c(-c3ccc(F)cc3)nc3ccccc3c2c1C. The Morgan fingerprint density at radius 3 is 1.72 bits per heavy atom. The highest BCUT2D eigenvalue weighted by molar-refractivity contribution is 6.16. The number of hydrogen-bond donors (Lipinski definition) is 1. The van der Waals surface area contributed by atoms with Gasteiger partial charge in [-0.15, -0.1) is 0 Å². The van der Waals surface area contributed by atoms with E-state index in [0.29, 0.717) is 11.5 Å². The van der Waals surface area contributed by atoms with Crippen molar-refractivity contribution in [3.63, 3.8) is 0 Å². The highest BCUT2D eigenvalue weighted by Crippen LogP contribution is 2.49. The lowest BCUT2D eigenvalue weighted by atomic mass is 9.76. The summed E-state index contributed by atoms with van der Waals surface area (Å²) in [4.78, 5) is 15.4. The van der Waals surface area contributed by atoms with E-state index in [-0.39, 0.29) is 17.6 Å². The lowest BCUT2D eigenvalue weighted by Gasteiger charge is -2.28. The van der Waals surface area contributed by atoms with Crippen LogP contribution in [0.25, 0.3) is 78.0 Å². The summed E-state index contributed by atoms with van der Waals surface area (Å²) >= 11 is 0. The highest BCUT2D eigenvalue weighted by atomic mass is 19.1. The van der Waals surface area contributed by atoms with Crippen molar-refractivity contribution in [3.05, 3.63) is 192 Å². The van der Waals surface area contributed by atoms with Gasteiger partial charge in [-0.05, 0) is 108 Å². The van der Waals surface area contributed by atoms with Crippen LogP contribution in [0.2, 0.25) is 0 Å². The van der Waals surface area contributed by atoms with Crippen LogP contribution in [-0.2, 0) is 0 Å². The Balaban J connectivity index is 1.32. The molecule has 0 aliphatic heterocycles. The van der Waals surface area contributed by atoms with Crippen LogP contribution in [0.1, 0.15) is 41.5 Å². The zero-order valence-corrected chi connectivity index (χ0v) is 32.5. The van der Waals surface area contributed by atoms with Gasteiger partial charge in [0.1, 0.15) is 11.6 Å². The van der Waals surface area contributed by atoms with E-state index >= 15 is 0 Å². The number of halogens is 2. The minimum atomic E-state index is -0.308. The molecule has 2 heterocycles.